The third-order valence-electron chi connectivity index (χ3n) is 3.30. The molecule has 1 aliphatic carbocycles. The lowest BCUT2D eigenvalue weighted by Crippen LogP contribution is -2.21. The van der Waals surface area contributed by atoms with Crippen LogP contribution in [0.25, 0.3) is 0 Å². The maximum atomic E-state index is 13.7. The average molecular weight is 237 g/mol. The van der Waals surface area contributed by atoms with E-state index in [1.165, 1.54) is 25.3 Å². The second kappa shape index (κ2) is 6.01. The van der Waals surface area contributed by atoms with Crippen LogP contribution >= 0.6 is 0 Å². The lowest BCUT2D eigenvalue weighted by molar-refractivity contribution is 0.174. The van der Waals surface area contributed by atoms with Gasteiger partial charge in [0.1, 0.15) is 0 Å². The quantitative estimate of drug-likeness (QED) is 0.820. The van der Waals surface area contributed by atoms with E-state index < -0.39 is 0 Å². The Balaban J connectivity index is 2.00. The molecule has 0 amide bonds. The molecule has 3 heteroatoms. The van der Waals surface area contributed by atoms with Crippen molar-refractivity contribution >= 4 is 0 Å². The van der Waals surface area contributed by atoms with Gasteiger partial charge in [-0.25, -0.2) is 4.39 Å². The minimum Gasteiger partial charge on any atom is -0.490 e. The molecule has 94 valence electrons. The van der Waals surface area contributed by atoms with Crippen LogP contribution < -0.4 is 10.1 Å². The number of nitrogens with one attached hydrogen (secondary N) is 1. The van der Waals surface area contributed by atoms with Crippen molar-refractivity contribution in [3.05, 3.63) is 29.6 Å². The van der Waals surface area contributed by atoms with Crippen LogP contribution in [-0.2, 0) is 6.54 Å². The van der Waals surface area contributed by atoms with Gasteiger partial charge in [0, 0.05) is 12.1 Å². The van der Waals surface area contributed by atoms with E-state index in [4.69, 9.17) is 4.74 Å². The Morgan fingerprint density at radius 3 is 2.88 bits per heavy atom. The molecule has 0 aliphatic heterocycles. The molecule has 1 fully saturated rings. The summed E-state index contributed by atoms with van der Waals surface area (Å²) in [6.45, 7) is 4.22. The zero-order valence-electron chi connectivity index (χ0n) is 10.3. The van der Waals surface area contributed by atoms with Crippen molar-refractivity contribution in [1.29, 1.82) is 0 Å². The molecule has 1 aromatic rings. The Kier molecular flexibility index (Phi) is 4.37. The standard InChI is InChI=1S/C14H20FNO/c1-2-16-9-12-7-4-8-13(15)14(12)17-10-11-5-3-6-11/h4,7-8,11,16H,2-3,5-6,9-10H2,1H3. The van der Waals surface area contributed by atoms with Crippen molar-refractivity contribution in [2.24, 2.45) is 5.92 Å². The SMILES string of the molecule is CCNCc1cccc(F)c1OCC1CCC1. The summed E-state index contributed by atoms with van der Waals surface area (Å²) >= 11 is 0. The average Bonchev–Trinajstić information content (AvgIpc) is 2.27. The summed E-state index contributed by atoms with van der Waals surface area (Å²) in [6, 6.07) is 5.12. The van der Waals surface area contributed by atoms with Crippen molar-refractivity contribution in [2.75, 3.05) is 13.2 Å². The first-order chi connectivity index (χ1) is 8.31. The molecule has 1 N–H and O–H groups in total. The molecule has 0 saturated heterocycles. The van der Waals surface area contributed by atoms with Crippen molar-refractivity contribution in [3.8, 4) is 5.75 Å². The molecular weight excluding hydrogens is 217 g/mol. The van der Waals surface area contributed by atoms with Crippen LogP contribution in [0.5, 0.6) is 5.75 Å². The highest BCUT2D eigenvalue weighted by atomic mass is 19.1. The first-order valence-corrected chi connectivity index (χ1v) is 6.42. The predicted molar refractivity (Wildman–Crippen MR) is 66.6 cm³/mol. The zero-order chi connectivity index (χ0) is 12.1. The van der Waals surface area contributed by atoms with Gasteiger partial charge in [-0.1, -0.05) is 25.5 Å². The van der Waals surface area contributed by atoms with Crippen LogP contribution in [0, 0.1) is 11.7 Å². The maximum absolute atomic E-state index is 13.7. The Morgan fingerprint density at radius 2 is 2.24 bits per heavy atom. The van der Waals surface area contributed by atoms with Crippen LogP contribution in [0.15, 0.2) is 18.2 Å². The van der Waals surface area contributed by atoms with E-state index in [0.29, 0.717) is 24.8 Å². The van der Waals surface area contributed by atoms with E-state index >= 15 is 0 Å². The second-order valence-electron chi connectivity index (χ2n) is 4.62. The van der Waals surface area contributed by atoms with Crippen molar-refractivity contribution in [2.45, 2.75) is 32.7 Å². The summed E-state index contributed by atoms with van der Waals surface area (Å²) in [5.74, 6) is 0.807. The number of para-hydroxylation sites is 1. The molecule has 0 bridgehead atoms. The summed E-state index contributed by atoms with van der Waals surface area (Å²) in [4.78, 5) is 0. The molecule has 1 aliphatic rings. The third kappa shape index (κ3) is 3.19. The summed E-state index contributed by atoms with van der Waals surface area (Å²) in [6.07, 6.45) is 3.73. The topological polar surface area (TPSA) is 21.3 Å². The summed E-state index contributed by atoms with van der Waals surface area (Å²) < 4.78 is 19.4. The third-order valence-corrected chi connectivity index (χ3v) is 3.30. The molecular formula is C14H20FNO. The van der Waals surface area contributed by atoms with E-state index in [0.717, 1.165) is 12.1 Å². The Morgan fingerprint density at radius 1 is 1.41 bits per heavy atom. The molecule has 0 heterocycles. The van der Waals surface area contributed by atoms with Gasteiger partial charge in [0.25, 0.3) is 0 Å². The molecule has 17 heavy (non-hydrogen) atoms. The monoisotopic (exact) mass is 237 g/mol. The number of halogens is 1. The van der Waals surface area contributed by atoms with Gasteiger partial charge >= 0.3 is 0 Å². The Labute approximate surface area is 102 Å². The van der Waals surface area contributed by atoms with Crippen molar-refractivity contribution in [3.63, 3.8) is 0 Å². The normalized spacial score (nSPS) is 15.6. The lowest BCUT2D eigenvalue weighted by atomic mass is 9.86. The number of rotatable bonds is 6. The maximum Gasteiger partial charge on any atom is 0.165 e. The molecule has 0 spiro atoms. The van der Waals surface area contributed by atoms with E-state index in [2.05, 4.69) is 5.32 Å². The van der Waals surface area contributed by atoms with Gasteiger partial charge in [-0.15, -0.1) is 0 Å². The van der Waals surface area contributed by atoms with Gasteiger partial charge in [-0.2, -0.15) is 0 Å². The fourth-order valence-corrected chi connectivity index (χ4v) is 1.97. The van der Waals surface area contributed by atoms with Gasteiger partial charge in [0.15, 0.2) is 11.6 Å². The van der Waals surface area contributed by atoms with Gasteiger partial charge in [0.05, 0.1) is 6.61 Å². The fourth-order valence-electron chi connectivity index (χ4n) is 1.97. The Hall–Kier alpha value is -1.09. The zero-order valence-corrected chi connectivity index (χ0v) is 10.3. The highest BCUT2D eigenvalue weighted by Gasteiger charge is 2.19. The van der Waals surface area contributed by atoms with E-state index in [1.807, 2.05) is 13.0 Å². The molecule has 1 aromatic carbocycles. The molecule has 2 nitrogen and oxygen atoms in total. The number of hydrogen-bond donors (Lipinski definition) is 1. The van der Waals surface area contributed by atoms with E-state index in [1.54, 1.807) is 6.07 Å². The van der Waals surface area contributed by atoms with Gasteiger partial charge in [-0.05, 0) is 31.4 Å². The smallest absolute Gasteiger partial charge is 0.165 e. The fraction of sp³-hybridized carbons (Fsp3) is 0.571. The molecule has 0 aromatic heterocycles. The van der Waals surface area contributed by atoms with Crippen LogP contribution in [0.4, 0.5) is 4.39 Å². The largest absolute Gasteiger partial charge is 0.490 e. The van der Waals surface area contributed by atoms with Crippen molar-refractivity contribution < 1.29 is 9.13 Å². The first-order valence-electron chi connectivity index (χ1n) is 6.42. The summed E-state index contributed by atoms with van der Waals surface area (Å²) in [5, 5.41) is 3.20. The first kappa shape index (κ1) is 12.4. The number of hydrogen-bond acceptors (Lipinski definition) is 2. The van der Waals surface area contributed by atoms with E-state index in [9.17, 15) is 4.39 Å². The molecule has 0 radical (unpaired) electrons. The number of benzene rings is 1. The Bertz CT molecular complexity index is 363. The molecule has 0 unspecified atom stereocenters. The van der Waals surface area contributed by atoms with Gasteiger partial charge in [0.2, 0.25) is 0 Å². The highest BCUT2D eigenvalue weighted by Crippen LogP contribution is 2.29. The van der Waals surface area contributed by atoms with Crippen LogP contribution in [0.2, 0.25) is 0 Å². The highest BCUT2D eigenvalue weighted by molar-refractivity contribution is 5.34. The summed E-state index contributed by atoms with van der Waals surface area (Å²) in [7, 11) is 0. The summed E-state index contributed by atoms with van der Waals surface area (Å²) in [5.41, 5.74) is 0.908. The van der Waals surface area contributed by atoms with Crippen LogP contribution in [0.3, 0.4) is 0 Å². The molecule has 0 atom stereocenters. The molecule has 1 saturated carbocycles. The van der Waals surface area contributed by atoms with Gasteiger partial charge in [-0.3, -0.25) is 0 Å². The van der Waals surface area contributed by atoms with Crippen LogP contribution in [0.1, 0.15) is 31.7 Å². The second-order valence-corrected chi connectivity index (χ2v) is 4.62. The molecule has 2 rings (SSSR count). The van der Waals surface area contributed by atoms with Crippen molar-refractivity contribution in [1.82, 2.24) is 5.32 Å². The minimum absolute atomic E-state index is 0.250. The minimum atomic E-state index is -0.250. The van der Waals surface area contributed by atoms with Gasteiger partial charge < -0.3 is 10.1 Å². The lowest BCUT2D eigenvalue weighted by Gasteiger charge is -2.25. The predicted octanol–water partition coefficient (Wildman–Crippen LogP) is 3.11. The van der Waals surface area contributed by atoms with Crippen LogP contribution in [-0.4, -0.2) is 13.2 Å². The van der Waals surface area contributed by atoms with E-state index in [-0.39, 0.29) is 5.82 Å². The number of ether oxygens (including phenoxy) is 1.